The van der Waals surface area contributed by atoms with E-state index in [-0.39, 0.29) is 48.5 Å². The summed E-state index contributed by atoms with van der Waals surface area (Å²) in [6.45, 7) is 0. The predicted molar refractivity (Wildman–Crippen MR) is 33.0 cm³/mol. The fraction of sp³-hybridized carbons (Fsp3) is 0. The van der Waals surface area contributed by atoms with Crippen molar-refractivity contribution in [2.75, 3.05) is 0 Å². The van der Waals surface area contributed by atoms with Gasteiger partial charge in [0, 0.05) is 0 Å². The van der Waals surface area contributed by atoms with Crippen molar-refractivity contribution in [2.24, 2.45) is 0 Å². The average molecular weight is 386 g/mol. The molecule has 0 aliphatic heterocycles. The molecule has 0 aromatic rings. The third-order valence-electron chi connectivity index (χ3n) is 0. The van der Waals surface area contributed by atoms with Gasteiger partial charge in [0.05, 0.1) is 0 Å². The first-order valence-corrected chi connectivity index (χ1v) is 4.54. The van der Waals surface area contributed by atoms with Crippen molar-refractivity contribution in [3.05, 3.63) is 0 Å². The molecule has 8 nitrogen and oxygen atoms in total. The molecular formula is H6O8P3Tb. The smallest absolute Gasteiger partial charge is 0.822 e. The van der Waals surface area contributed by atoms with Crippen molar-refractivity contribution in [3.63, 3.8) is 0 Å². The van der Waals surface area contributed by atoms with Gasteiger partial charge in [-0.2, -0.15) is 17.7 Å². The topological polar surface area (TPSA) is 164 Å². The summed E-state index contributed by atoms with van der Waals surface area (Å²) in [6, 6.07) is 0. The third-order valence-corrected chi connectivity index (χ3v) is 0. The molecule has 0 fully saturated rings. The van der Waals surface area contributed by atoms with Gasteiger partial charge < -0.3 is 33.9 Å². The predicted octanol–water partition coefficient (Wildman–Crippen LogP) is -3.70. The first-order chi connectivity index (χ1) is 4.00. The monoisotopic (exact) mass is 386 g/mol. The molecule has 1 atom stereocenters. The van der Waals surface area contributed by atoms with Crippen LogP contribution in [0.4, 0.5) is 0 Å². The van der Waals surface area contributed by atoms with Gasteiger partial charge in [-0.1, -0.05) is 0 Å². The zero-order valence-corrected chi connectivity index (χ0v) is 10.7. The van der Waals surface area contributed by atoms with Gasteiger partial charge in [0.15, 0.2) is 0 Å². The zero-order valence-electron chi connectivity index (χ0n) is 5.32. The van der Waals surface area contributed by atoms with E-state index in [9.17, 15) is 0 Å². The molecule has 0 saturated heterocycles. The fourth-order valence-corrected chi connectivity index (χ4v) is 0. The first kappa shape index (κ1) is 23.6. The van der Waals surface area contributed by atoms with Crippen molar-refractivity contribution in [1.29, 1.82) is 0 Å². The van der Waals surface area contributed by atoms with E-state index in [2.05, 4.69) is 0 Å². The molecule has 0 aromatic carbocycles. The van der Waals surface area contributed by atoms with Gasteiger partial charge in [0.1, 0.15) is 0 Å². The van der Waals surface area contributed by atoms with Crippen molar-refractivity contribution in [3.8, 4) is 0 Å². The van der Waals surface area contributed by atoms with Crippen LogP contribution >= 0.6 is 25.5 Å². The second-order valence-corrected chi connectivity index (χ2v) is 2.88. The van der Waals surface area contributed by atoms with Crippen LogP contribution in [0.2, 0.25) is 0 Å². The number of phosphoric acid groups is 2. The summed E-state index contributed by atoms with van der Waals surface area (Å²) in [5.41, 5.74) is 0. The third kappa shape index (κ3) is 381. The van der Waals surface area contributed by atoms with Crippen LogP contribution in [0.1, 0.15) is 0 Å². The van der Waals surface area contributed by atoms with E-state index in [1.165, 1.54) is 0 Å². The van der Waals surface area contributed by atoms with Crippen LogP contribution in [-0.2, 0) is 9.13 Å². The molecule has 0 aliphatic carbocycles. The van der Waals surface area contributed by atoms with E-state index in [1.54, 1.807) is 0 Å². The van der Waals surface area contributed by atoms with Crippen LogP contribution < -0.4 is 14.7 Å². The Morgan fingerprint density at radius 2 is 0.917 bits per heavy atom. The Labute approximate surface area is 102 Å². The molecule has 12 heteroatoms. The fourth-order valence-electron chi connectivity index (χ4n) is 0. The summed E-state index contributed by atoms with van der Waals surface area (Å²) >= 11 is 0. The minimum absolute atomic E-state index is 0. The summed E-state index contributed by atoms with van der Waals surface area (Å²) in [4.78, 5) is 47.2. The van der Waals surface area contributed by atoms with Gasteiger partial charge in [0.2, 0.25) is 0 Å². The van der Waals surface area contributed by atoms with Gasteiger partial charge >= 0.3 is 46.4 Å². The number of hydrogen-bond donors (Lipinski definition) is 3. The second kappa shape index (κ2) is 9.49. The molecule has 0 radical (unpaired) electrons. The maximum Gasteiger partial charge on any atom is 3.00 e. The largest absolute Gasteiger partial charge is 3.00 e. The minimum atomic E-state index is -5.39. The normalized spacial score (nSPS) is 9.83. The van der Waals surface area contributed by atoms with Crippen molar-refractivity contribution in [2.45, 2.75) is 0 Å². The van der Waals surface area contributed by atoms with Crippen molar-refractivity contribution in [1.82, 2.24) is 0 Å². The molecule has 78 valence electrons. The van der Waals surface area contributed by atoms with E-state index >= 15 is 0 Å². The van der Waals surface area contributed by atoms with Gasteiger partial charge in [-0.25, -0.2) is 4.57 Å². The summed E-state index contributed by atoms with van der Waals surface area (Å²) in [5.74, 6) is 0. The minimum Gasteiger partial charge on any atom is -0.822 e. The van der Waals surface area contributed by atoms with Crippen LogP contribution in [-0.4, -0.2) is 14.7 Å². The van der Waals surface area contributed by atoms with E-state index in [0.29, 0.717) is 0 Å². The van der Waals surface area contributed by atoms with Crippen molar-refractivity contribution >= 4 is 25.5 Å². The van der Waals surface area contributed by atoms with E-state index < -0.39 is 15.6 Å². The second-order valence-electron chi connectivity index (χ2n) is 0.960. The summed E-state index contributed by atoms with van der Waals surface area (Å²) in [7, 11) is -10.0. The van der Waals surface area contributed by atoms with Crippen LogP contribution in [0.15, 0.2) is 0 Å². The molecule has 0 spiro atoms. The van der Waals surface area contributed by atoms with Gasteiger partial charge in [-0.15, -0.1) is 0 Å². The summed E-state index contributed by atoms with van der Waals surface area (Å²) in [5, 5.41) is 0. The zero-order chi connectivity index (χ0) is 9.00. The standard InChI is InChI=1S/2H3O4P.H3P.Tb/c2*1-5(2,3)4;;/h2*(H3,1,2,3,4);1H3;/q;;;+3/p-3. The van der Waals surface area contributed by atoms with Gasteiger partial charge in [-0.3, -0.25) is 0 Å². The maximum absolute atomic E-state index is 8.88. The molecule has 1 unspecified atom stereocenters. The van der Waals surface area contributed by atoms with E-state index in [4.69, 9.17) is 38.5 Å². The maximum atomic E-state index is 8.88. The molecule has 0 rings (SSSR count). The quantitative estimate of drug-likeness (QED) is 0.358. The summed E-state index contributed by atoms with van der Waals surface area (Å²) in [6.07, 6.45) is 0. The molecule has 0 saturated carbocycles. The first-order valence-electron chi connectivity index (χ1n) is 1.51. The molecule has 0 amide bonds. The Morgan fingerprint density at radius 1 is 0.917 bits per heavy atom. The number of hydrogen-bond acceptors (Lipinski definition) is 5. The Hall–Kier alpha value is 1.94. The molecule has 12 heavy (non-hydrogen) atoms. The van der Waals surface area contributed by atoms with Crippen LogP contribution in [0.5, 0.6) is 0 Å². The average Bonchev–Trinajstić information content (AvgIpc) is 1.12. The molecule has 0 aromatic heterocycles. The Kier molecular flexibility index (Phi) is 18.7. The SMILES string of the molecule is O=P(O)(O)O.O=P([O-])([O-])[O-].P.[Tb+3]. The number of rotatable bonds is 0. The molecule has 0 heterocycles. The Balaban J connectivity index is -0.0000000457. The van der Waals surface area contributed by atoms with E-state index in [1.807, 2.05) is 0 Å². The molecule has 0 bridgehead atoms. The van der Waals surface area contributed by atoms with Crippen LogP contribution in [0, 0.1) is 38.6 Å². The summed E-state index contributed by atoms with van der Waals surface area (Å²) < 4.78 is 17.4. The molecule has 3 N–H and O–H groups in total. The van der Waals surface area contributed by atoms with Crippen molar-refractivity contribution < 1.29 is 77.1 Å². The van der Waals surface area contributed by atoms with Crippen LogP contribution in [0.3, 0.4) is 0 Å². The molecular weight excluding hydrogens is 380 g/mol. The van der Waals surface area contributed by atoms with Crippen LogP contribution in [0.25, 0.3) is 0 Å². The van der Waals surface area contributed by atoms with E-state index in [0.717, 1.165) is 0 Å². The Morgan fingerprint density at radius 3 is 0.917 bits per heavy atom. The molecule has 0 aliphatic rings. The van der Waals surface area contributed by atoms with Gasteiger partial charge in [-0.05, 0) is 0 Å². The Bertz CT molecular complexity index is 127. The van der Waals surface area contributed by atoms with Gasteiger partial charge in [0.25, 0.3) is 0 Å².